The van der Waals surface area contributed by atoms with Crippen LogP contribution in [0.3, 0.4) is 0 Å². The van der Waals surface area contributed by atoms with Crippen LogP contribution in [0.15, 0.2) is 48.5 Å². The first kappa shape index (κ1) is 13.0. The molecule has 0 heterocycles. The van der Waals surface area contributed by atoms with Gasteiger partial charge in [0.15, 0.2) is 0 Å². The van der Waals surface area contributed by atoms with Crippen molar-refractivity contribution in [3.8, 4) is 11.5 Å². The smallest absolute Gasteiger partial charge is 0.273 e. The van der Waals surface area contributed by atoms with Crippen molar-refractivity contribution in [1.29, 1.82) is 0 Å². The van der Waals surface area contributed by atoms with Crippen molar-refractivity contribution in [2.75, 3.05) is 0 Å². The maximum absolute atomic E-state index is 10.7. The zero-order chi connectivity index (χ0) is 13.8. The molecule has 2 aromatic carbocycles. The lowest BCUT2D eigenvalue weighted by Gasteiger charge is -2.13. The molecule has 2 N–H and O–H groups in total. The van der Waals surface area contributed by atoms with Gasteiger partial charge in [0.05, 0.1) is 11.0 Å². The fourth-order valence-corrected chi connectivity index (χ4v) is 1.74. The standard InChI is InChI=1S/C14H14N2O3/c1-10(15)13-7-2-3-8-14(13)19-12-6-4-5-11(9-12)16(17)18/h2-10H,15H2,1H3. The number of non-ortho nitro benzene ring substituents is 1. The normalized spacial score (nSPS) is 11.9. The molecule has 5 nitrogen and oxygen atoms in total. The molecule has 0 spiro atoms. The molecule has 1 atom stereocenters. The lowest BCUT2D eigenvalue weighted by atomic mass is 10.1. The number of para-hydroxylation sites is 1. The second-order valence-corrected chi connectivity index (χ2v) is 4.18. The first-order valence-electron chi connectivity index (χ1n) is 5.85. The second-order valence-electron chi connectivity index (χ2n) is 4.18. The van der Waals surface area contributed by atoms with Crippen LogP contribution < -0.4 is 10.5 Å². The number of rotatable bonds is 4. The Labute approximate surface area is 110 Å². The molecular formula is C14H14N2O3. The van der Waals surface area contributed by atoms with Crippen molar-refractivity contribution in [3.05, 3.63) is 64.2 Å². The van der Waals surface area contributed by atoms with Crippen LogP contribution in [-0.4, -0.2) is 4.92 Å². The highest BCUT2D eigenvalue weighted by molar-refractivity contribution is 5.43. The van der Waals surface area contributed by atoms with E-state index in [1.807, 2.05) is 25.1 Å². The molecular weight excluding hydrogens is 244 g/mol. The van der Waals surface area contributed by atoms with Gasteiger partial charge in [-0.3, -0.25) is 10.1 Å². The minimum Gasteiger partial charge on any atom is -0.457 e. The lowest BCUT2D eigenvalue weighted by Crippen LogP contribution is -2.06. The Morgan fingerprint density at radius 1 is 1.21 bits per heavy atom. The average Bonchev–Trinajstić information content (AvgIpc) is 2.39. The molecule has 19 heavy (non-hydrogen) atoms. The summed E-state index contributed by atoms with van der Waals surface area (Å²) in [4.78, 5) is 10.3. The van der Waals surface area contributed by atoms with Crippen molar-refractivity contribution in [3.63, 3.8) is 0 Å². The average molecular weight is 258 g/mol. The highest BCUT2D eigenvalue weighted by Gasteiger charge is 2.10. The Morgan fingerprint density at radius 2 is 1.95 bits per heavy atom. The maximum atomic E-state index is 10.7. The van der Waals surface area contributed by atoms with E-state index in [9.17, 15) is 10.1 Å². The largest absolute Gasteiger partial charge is 0.457 e. The van der Waals surface area contributed by atoms with Gasteiger partial charge in [-0.25, -0.2) is 0 Å². The summed E-state index contributed by atoms with van der Waals surface area (Å²) in [6, 6.07) is 13.3. The highest BCUT2D eigenvalue weighted by atomic mass is 16.6. The van der Waals surface area contributed by atoms with E-state index in [2.05, 4.69) is 0 Å². The summed E-state index contributed by atoms with van der Waals surface area (Å²) in [5.74, 6) is 1.03. The van der Waals surface area contributed by atoms with Crippen LogP contribution in [-0.2, 0) is 0 Å². The van der Waals surface area contributed by atoms with E-state index in [0.29, 0.717) is 11.5 Å². The van der Waals surface area contributed by atoms with Crippen LogP contribution in [0.5, 0.6) is 11.5 Å². The molecule has 0 radical (unpaired) electrons. The number of nitro groups is 1. The summed E-state index contributed by atoms with van der Waals surface area (Å²) in [6.07, 6.45) is 0. The quantitative estimate of drug-likeness (QED) is 0.673. The summed E-state index contributed by atoms with van der Waals surface area (Å²) < 4.78 is 5.68. The van der Waals surface area contributed by atoms with Gasteiger partial charge in [0.2, 0.25) is 0 Å². The Kier molecular flexibility index (Phi) is 3.77. The van der Waals surface area contributed by atoms with Crippen molar-refractivity contribution in [1.82, 2.24) is 0 Å². The SMILES string of the molecule is CC(N)c1ccccc1Oc1cccc([N+](=O)[O-])c1. The summed E-state index contributed by atoms with van der Waals surface area (Å²) in [5, 5.41) is 10.7. The maximum Gasteiger partial charge on any atom is 0.273 e. The molecule has 0 bridgehead atoms. The summed E-state index contributed by atoms with van der Waals surface area (Å²) in [6.45, 7) is 1.86. The third-order valence-electron chi connectivity index (χ3n) is 2.67. The predicted octanol–water partition coefficient (Wildman–Crippen LogP) is 3.41. The third kappa shape index (κ3) is 3.08. The molecule has 0 fully saturated rings. The van der Waals surface area contributed by atoms with E-state index in [1.165, 1.54) is 12.1 Å². The van der Waals surface area contributed by atoms with Gasteiger partial charge in [-0.2, -0.15) is 0 Å². The second kappa shape index (κ2) is 5.49. The van der Waals surface area contributed by atoms with Crippen LogP contribution in [0.2, 0.25) is 0 Å². The number of nitrogens with zero attached hydrogens (tertiary/aromatic N) is 1. The molecule has 2 rings (SSSR count). The van der Waals surface area contributed by atoms with Gasteiger partial charge >= 0.3 is 0 Å². The van der Waals surface area contributed by atoms with E-state index in [1.54, 1.807) is 18.2 Å². The molecule has 0 amide bonds. The molecule has 2 aromatic rings. The number of nitrogens with two attached hydrogens (primary N) is 1. The van der Waals surface area contributed by atoms with Crippen molar-refractivity contribution < 1.29 is 9.66 Å². The van der Waals surface area contributed by atoms with Crippen molar-refractivity contribution >= 4 is 5.69 Å². The van der Waals surface area contributed by atoms with E-state index in [0.717, 1.165) is 5.56 Å². The topological polar surface area (TPSA) is 78.4 Å². The molecule has 0 saturated heterocycles. The van der Waals surface area contributed by atoms with Crippen molar-refractivity contribution in [2.45, 2.75) is 13.0 Å². The fraction of sp³-hybridized carbons (Fsp3) is 0.143. The first-order chi connectivity index (χ1) is 9.08. The molecule has 0 saturated carbocycles. The Hall–Kier alpha value is -2.40. The summed E-state index contributed by atoms with van der Waals surface area (Å²) in [5.41, 5.74) is 6.71. The number of hydrogen-bond donors (Lipinski definition) is 1. The van der Waals surface area contributed by atoms with Crippen LogP contribution in [0.4, 0.5) is 5.69 Å². The third-order valence-corrected chi connectivity index (χ3v) is 2.67. The number of nitro benzene ring substituents is 1. The van der Waals surface area contributed by atoms with E-state index in [-0.39, 0.29) is 11.7 Å². The monoisotopic (exact) mass is 258 g/mol. The molecule has 0 aliphatic heterocycles. The van der Waals surface area contributed by atoms with Crippen molar-refractivity contribution in [2.24, 2.45) is 5.73 Å². The van der Waals surface area contributed by atoms with Crippen LogP contribution >= 0.6 is 0 Å². The zero-order valence-corrected chi connectivity index (χ0v) is 10.4. The summed E-state index contributed by atoms with van der Waals surface area (Å²) >= 11 is 0. The predicted molar refractivity (Wildman–Crippen MR) is 72.2 cm³/mol. The minimum atomic E-state index is -0.454. The van der Waals surface area contributed by atoms with Gasteiger partial charge in [0.25, 0.3) is 5.69 Å². The molecule has 0 aliphatic rings. The molecule has 0 aliphatic carbocycles. The van der Waals surface area contributed by atoms with Crippen LogP contribution in [0.1, 0.15) is 18.5 Å². The van der Waals surface area contributed by atoms with Gasteiger partial charge < -0.3 is 10.5 Å². The van der Waals surface area contributed by atoms with Gasteiger partial charge in [-0.05, 0) is 19.1 Å². The van der Waals surface area contributed by atoms with Gasteiger partial charge in [-0.15, -0.1) is 0 Å². The number of benzene rings is 2. The zero-order valence-electron chi connectivity index (χ0n) is 10.4. The molecule has 5 heteroatoms. The first-order valence-corrected chi connectivity index (χ1v) is 5.85. The highest BCUT2D eigenvalue weighted by Crippen LogP contribution is 2.30. The summed E-state index contributed by atoms with van der Waals surface area (Å²) in [7, 11) is 0. The minimum absolute atomic E-state index is 0.00391. The number of hydrogen-bond acceptors (Lipinski definition) is 4. The van der Waals surface area contributed by atoms with E-state index in [4.69, 9.17) is 10.5 Å². The number of ether oxygens (including phenoxy) is 1. The fourth-order valence-electron chi connectivity index (χ4n) is 1.74. The Morgan fingerprint density at radius 3 is 2.63 bits per heavy atom. The Bertz CT molecular complexity index is 597. The van der Waals surface area contributed by atoms with E-state index < -0.39 is 4.92 Å². The molecule has 98 valence electrons. The Balaban J connectivity index is 2.31. The van der Waals surface area contributed by atoms with Gasteiger partial charge in [0, 0.05) is 17.7 Å². The van der Waals surface area contributed by atoms with Crippen LogP contribution in [0.25, 0.3) is 0 Å². The molecule has 0 aromatic heterocycles. The van der Waals surface area contributed by atoms with Gasteiger partial charge in [-0.1, -0.05) is 24.3 Å². The van der Waals surface area contributed by atoms with Gasteiger partial charge in [0.1, 0.15) is 11.5 Å². The lowest BCUT2D eigenvalue weighted by molar-refractivity contribution is -0.384. The molecule has 1 unspecified atom stereocenters. The van der Waals surface area contributed by atoms with E-state index >= 15 is 0 Å². The van der Waals surface area contributed by atoms with Crippen LogP contribution in [0, 0.1) is 10.1 Å².